The third-order valence-electron chi connectivity index (χ3n) is 5.78. The lowest BCUT2D eigenvalue weighted by atomic mass is 9.84. The lowest BCUT2D eigenvalue weighted by Crippen LogP contribution is -2.57. The highest BCUT2D eigenvalue weighted by Gasteiger charge is 2.35. The Kier molecular flexibility index (Phi) is 4.59. The molecule has 3 aromatic rings. The molecule has 0 radical (unpaired) electrons. The number of thiophene rings is 1. The Balaban J connectivity index is 1.38. The number of aromatic nitrogens is 1. The van der Waals surface area contributed by atoms with Gasteiger partial charge >= 0.3 is 0 Å². The van der Waals surface area contributed by atoms with E-state index in [1.54, 1.807) is 17.5 Å². The molecule has 1 atom stereocenters. The van der Waals surface area contributed by atoms with E-state index in [0.717, 1.165) is 27.8 Å². The number of carbonyl (C=O) groups is 1. The van der Waals surface area contributed by atoms with Crippen LogP contribution >= 0.6 is 11.3 Å². The largest absolute Gasteiger partial charge is 0.346 e. The molecule has 3 aliphatic heterocycles. The first-order chi connectivity index (χ1) is 13.8. The standard InChI is InChI=1S/C23H21N3OS/c27-23(25-21-14-26-10-8-17(21)9-11-26)20-12-19-18(15-28-22(19)13-24-20)7-6-16-4-2-1-3-5-16/h1-5,12-13,15,17,21H,8-11,14H2,(H,25,27). The first-order valence-electron chi connectivity index (χ1n) is 9.74. The molecule has 140 valence electrons. The second kappa shape index (κ2) is 7.38. The molecule has 28 heavy (non-hydrogen) atoms. The van der Waals surface area contributed by atoms with Gasteiger partial charge in [-0.25, -0.2) is 4.98 Å². The molecule has 1 aromatic carbocycles. The molecule has 3 saturated heterocycles. The van der Waals surface area contributed by atoms with E-state index < -0.39 is 0 Å². The van der Waals surface area contributed by atoms with Crippen LogP contribution in [0, 0.1) is 17.8 Å². The minimum atomic E-state index is -0.0752. The van der Waals surface area contributed by atoms with Crippen LogP contribution < -0.4 is 5.32 Å². The van der Waals surface area contributed by atoms with Gasteiger partial charge in [0, 0.05) is 40.7 Å². The van der Waals surface area contributed by atoms with Crippen molar-refractivity contribution in [1.29, 1.82) is 0 Å². The number of pyridine rings is 1. The molecule has 4 nitrogen and oxygen atoms in total. The van der Waals surface area contributed by atoms with Gasteiger partial charge in [0.2, 0.25) is 0 Å². The molecule has 1 amide bonds. The average Bonchev–Trinajstić information content (AvgIpc) is 3.16. The number of piperidine rings is 3. The number of benzene rings is 1. The third kappa shape index (κ3) is 3.42. The second-order valence-electron chi connectivity index (χ2n) is 7.55. The molecule has 5 heteroatoms. The van der Waals surface area contributed by atoms with Crippen LogP contribution in [0.3, 0.4) is 0 Å². The van der Waals surface area contributed by atoms with E-state index in [4.69, 9.17) is 0 Å². The third-order valence-corrected chi connectivity index (χ3v) is 6.71. The van der Waals surface area contributed by atoms with Crippen LogP contribution in [0.4, 0.5) is 0 Å². The number of nitrogens with one attached hydrogen (secondary N) is 1. The zero-order valence-corrected chi connectivity index (χ0v) is 16.3. The highest BCUT2D eigenvalue weighted by atomic mass is 32.1. The fraction of sp³-hybridized carbons (Fsp3) is 0.304. The number of hydrogen-bond donors (Lipinski definition) is 1. The molecule has 1 N–H and O–H groups in total. The highest BCUT2D eigenvalue weighted by Crippen LogP contribution is 2.28. The minimum Gasteiger partial charge on any atom is -0.346 e. The summed E-state index contributed by atoms with van der Waals surface area (Å²) in [6.45, 7) is 3.30. The Morgan fingerprint density at radius 3 is 2.75 bits per heavy atom. The average molecular weight is 388 g/mol. The van der Waals surface area contributed by atoms with Crippen LogP contribution in [0.5, 0.6) is 0 Å². The molecule has 3 fully saturated rings. The fourth-order valence-electron chi connectivity index (χ4n) is 4.19. The highest BCUT2D eigenvalue weighted by molar-refractivity contribution is 7.17. The molecule has 0 spiro atoms. The van der Waals surface area contributed by atoms with Gasteiger partial charge in [-0.15, -0.1) is 11.3 Å². The van der Waals surface area contributed by atoms with Gasteiger partial charge in [0.05, 0.1) is 4.70 Å². The van der Waals surface area contributed by atoms with Gasteiger partial charge < -0.3 is 10.2 Å². The maximum absolute atomic E-state index is 12.8. The quantitative estimate of drug-likeness (QED) is 0.685. The molecule has 5 heterocycles. The number of fused-ring (bicyclic) bond motifs is 4. The van der Waals surface area contributed by atoms with Crippen LogP contribution in [-0.2, 0) is 0 Å². The van der Waals surface area contributed by atoms with Crippen LogP contribution in [0.25, 0.3) is 10.1 Å². The van der Waals surface area contributed by atoms with Gasteiger partial charge in [-0.1, -0.05) is 30.0 Å². The van der Waals surface area contributed by atoms with Crippen molar-refractivity contribution >= 4 is 27.3 Å². The lowest BCUT2D eigenvalue weighted by Gasteiger charge is -2.44. The summed E-state index contributed by atoms with van der Waals surface area (Å²) in [7, 11) is 0. The maximum atomic E-state index is 12.8. The topological polar surface area (TPSA) is 45.2 Å². The summed E-state index contributed by atoms with van der Waals surface area (Å²) in [6, 6.07) is 12.1. The number of hydrogen-bond acceptors (Lipinski definition) is 4. The van der Waals surface area contributed by atoms with Crippen LogP contribution in [-0.4, -0.2) is 41.5 Å². The molecular formula is C23H21N3OS. The maximum Gasteiger partial charge on any atom is 0.270 e. The van der Waals surface area contributed by atoms with Crippen molar-refractivity contribution < 1.29 is 4.79 Å². The SMILES string of the molecule is O=C(NC1CN2CCC1CC2)c1cc2c(C#Cc3ccccc3)csc2cn1. The predicted octanol–water partition coefficient (Wildman–Crippen LogP) is 3.52. The van der Waals surface area contributed by atoms with Crippen molar-refractivity contribution in [3.63, 3.8) is 0 Å². The summed E-state index contributed by atoms with van der Waals surface area (Å²) in [5, 5.41) is 6.27. The number of nitrogens with zero attached hydrogens (tertiary/aromatic N) is 2. The summed E-state index contributed by atoms with van der Waals surface area (Å²) in [4.78, 5) is 19.7. The van der Waals surface area contributed by atoms with E-state index >= 15 is 0 Å². The van der Waals surface area contributed by atoms with Crippen LogP contribution in [0.1, 0.15) is 34.5 Å². The van der Waals surface area contributed by atoms with Gasteiger partial charge in [0.25, 0.3) is 5.91 Å². The Labute approximate surface area is 168 Å². The molecule has 2 bridgehead atoms. The van der Waals surface area contributed by atoms with Gasteiger partial charge in [-0.3, -0.25) is 4.79 Å². The van der Waals surface area contributed by atoms with E-state index in [2.05, 4.69) is 27.0 Å². The number of carbonyl (C=O) groups excluding carboxylic acids is 1. The van der Waals surface area contributed by atoms with Gasteiger partial charge in [-0.05, 0) is 50.0 Å². The minimum absolute atomic E-state index is 0.0752. The van der Waals surface area contributed by atoms with Crippen molar-refractivity contribution in [2.24, 2.45) is 5.92 Å². The first kappa shape index (κ1) is 17.4. The first-order valence-corrected chi connectivity index (χ1v) is 10.6. The van der Waals surface area contributed by atoms with Crippen LogP contribution in [0.15, 0.2) is 48.0 Å². The molecule has 0 saturated carbocycles. The van der Waals surface area contributed by atoms with Crippen molar-refractivity contribution in [3.8, 4) is 11.8 Å². The van der Waals surface area contributed by atoms with Crippen LogP contribution in [0.2, 0.25) is 0 Å². The number of rotatable bonds is 2. The summed E-state index contributed by atoms with van der Waals surface area (Å²) >= 11 is 1.61. The second-order valence-corrected chi connectivity index (χ2v) is 8.46. The van der Waals surface area contributed by atoms with Crippen molar-refractivity contribution in [2.45, 2.75) is 18.9 Å². The molecule has 0 aliphatic carbocycles. The van der Waals surface area contributed by atoms with E-state index in [9.17, 15) is 4.79 Å². The van der Waals surface area contributed by atoms with Crippen molar-refractivity contribution in [3.05, 3.63) is 64.8 Å². The lowest BCUT2D eigenvalue weighted by molar-refractivity contribution is 0.0618. The van der Waals surface area contributed by atoms with E-state index in [1.807, 2.05) is 41.8 Å². The van der Waals surface area contributed by atoms with Gasteiger partial charge in [-0.2, -0.15) is 0 Å². The Morgan fingerprint density at radius 2 is 2.00 bits per heavy atom. The summed E-state index contributed by atoms with van der Waals surface area (Å²) in [6.07, 6.45) is 4.15. The van der Waals surface area contributed by atoms with Crippen molar-refractivity contribution in [1.82, 2.24) is 15.2 Å². The predicted molar refractivity (Wildman–Crippen MR) is 112 cm³/mol. The monoisotopic (exact) mass is 387 g/mol. The molecule has 2 aromatic heterocycles. The Bertz CT molecular complexity index is 1070. The number of amides is 1. The summed E-state index contributed by atoms with van der Waals surface area (Å²) in [5.41, 5.74) is 2.41. The summed E-state index contributed by atoms with van der Waals surface area (Å²) < 4.78 is 1.05. The molecule has 1 unspecified atom stereocenters. The van der Waals surface area contributed by atoms with E-state index in [1.165, 1.54) is 25.9 Å². The molecule has 3 aliphatic rings. The molecule has 6 rings (SSSR count). The van der Waals surface area contributed by atoms with E-state index in [-0.39, 0.29) is 11.9 Å². The normalized spacial score (nSPS) is 23.2. The zero-order chi connectivity index (χ0) is 18.9. The molecular weight excluding hydrogens is 366 g/mol. The van der Waals surface area contributed by atoms with E-state index in [0.29, 0.717) is 11.6 Å². The zero-order valence-electron chi connectivity index (χ0n) is 15.5. The smallest absolute Gasteiger partial charge is 0.270 e. The van der Waals surface area contributed by atoms with Crippen molar-refractivity contribution in [2.75, 3.05) is 19.6 Å². The Hall–Kier alpha value is -2.68. The van der Waals surface area contributed by atoms with Gasteiger partial charge in [0.15, 0.2) is 0 Å². The fourth-order valence-corrected chi connectivity index (χ4v) is 5.03. The summed E-state index contributed by atoms with van der Waals surface area (Å²) in [5.74, 6) is 6.98. The Morgan fingerprint density at radius 1 is 1.18 bits per heavy atom. The van der Waals surface area contributed by atoms with Gasteiger partial charge in [0.1, 0.15) is 5.69 Å².